The van der Waals surface area contributed by atoms with E-state index >= 15 is 0 Å². The van der Waals surface area contributed by atoms with Crippen molar-refractivity contribution < 1.29 is 9.90 Å². The van der Waals surface area contributed by atoms with E-state index < -0.39 is 0 Å². The van der Waals surface area contributed by atoms with Crippen molar-refractivity contribution >= 4 is 6.29 Å². The van der Waals surface area contributed by atoms with Gasteiger partial charge in [-0.25, -0.2) is 0 Å². The van der Waals surface area contributed by atoms with Crippen LogP contribution in [-0.4, -0.2) is 17.5 Å². The van der Waals surface area contributed by atoms with Gasteiger partial charge in [-0.3, -0.25) is 0 Å². The Bertz CT molecular complexity index is 699. The molecule has 1 saturated carbocycles. The second-order valence-corrected chi connectivity index (χ2v) is 11.1. The summed E-state index contributed by atoms with van der Waals surface area (Å²) >= 11 is 0. The predicted molar refractivity (Wildman–Crippen MR) is 110 cm³/mol. The zero-order chi connectivity index (χ0) is 19.6. The minimum absolute atomic E-state index is 0.0113. The van der Waals surface area contributed by atoms with E-state index in [1.54, 1.807) is 16.7 Å². The fourth-order valence-corrected chi connectivity index (χ4v) is 7.89. The number of allylic oxidation sites excluding steroid dienone is 4. The molecule has 0 bridgehead atoms. The minimum atomic E-state index is -0.161. The van der Waals surface area contributed by atoms with E-state index in [2.05, 4.69) is 40.7 Å². The lowest BCUT2D eigenvalue weighted by atomic mass is 9.46. The van der Waals surface area contributed by atoms with Crippen molar-refractivity contribution in [2.75, 3.05) is 0 Å². The van der Waals surface area contributed by atoms with Crippen molar-refractivity contribution in [1.29, 1.82) is 0 Å². The first-order valence-electron chi connectivity index (χ1n) is 11.2. The largest absolute Gasteiger partial charge is 0.393 e. The van der Waals surface area contributed by atoms with Gasteiger partial charge >= 0.3 is 0 Å². The Hall–Kier alpha value is -0.890. The highest BCUT2D eigenvalue weighted by Crippen LogP contribution is 2.66. The van der Waals surface area contributed by atoms with Crippen LogP contribution in [0.4, 0.5) is 0 Å². The maximum absolute atomic E-state index is 11.1. The normalized spacial score (nSPS) is 44.1. The van der Waals surface area contributed by atoms with Gasteiger partial charge in [0, 0.05) is 6.42 Å². The van der Waals surface area contributed by atoms with E-state index in [0.29, 0.717) is 24.2 Å². The average Bonchev–Trinajstić information content (AvgIpc) is 2.96. The maximum Gasteiger partial charge on any atom is 0.120 e. The van der Waals surface area contributed by atoms with Gasteiger partial charge in [0.25, 0.3) is 0 Å². The highest BCUT2D eigenvalue weighted by atomic mass is 16.3. The van der Waals surface area contributed by atoms with Gasteiger partial charge in [0.15, 0.2) is 0 Å². The molecule has 0 aromatic heterocycles. The number of carbonyl (C=O) groups is 1. The van der Waals surface area contributed by atoms with Crippen LogP contribution in [-0.2, 0) is 4.79 Å². The summed E-state index contributed by atoms with van der Waals surface area (Å²) in [4.78, 5) is 11.1. The molecule has 4 aliphatic carbocycles. The molecule has 0 aliphatic heterocycles. The molecule has 1 N–H and O–H groups in total. The molecule has 0 heterocycles. The molecule has 2 heteroatoms. The van der Waals surface area contributed by atoms with E-state index in [4.69, 9.17) is 0 Å². The summed E-state index contributed by atoms with van der Waals surface area (Å²) in [5.74, 6) is 1.67. The molecular formula is C25H38O2. The first kappa shape index (κ1) is 19.4. The van der Waals surface area contributed by atoms with Gasteiger partial charge in [-0.05, 0) is 90.1 Å². The summed E-state index contributed by atoms with van der Waals surface area (Å²) in [6, 6.07) is 0. The number of fused-ring (bicyclic) bond motifs is 4. The number of carbonyl (C=O) groups excluding carboxylic acids is 1. The third-order valence-corrected chi connectivity index (χ3v) is 9.58. The first-order valence-corrected chi connectivity index (χ1v) is 11.2. The molecule has 0 radical (unpaired) electrons. The van der Waals surface area contributed by atoms with Gasteiger partial charge in [0.05, 0.1) is 6.10 Å². The van der Waals surface area contributed by atoms with E-state index in [1.807, 2.05) is 0 Å². The van der Waals surface area contributed by atoms with Crippen LogP contribution in [0, 0.1) is 34.0 Å². The predicted octanol–water partition coefficient (Wildman–Crippen LogP) is 5.85. The van der Waals surface area contributed by atoms with Gasteiger partial charge in [0.2, 0.25) is 0 Å². The Labute approximate surface area is 165 Å². The van der Waals surface area contributed by atoms with Crippen molar-refractivity contribution in [2.45, 2.75) is 92.1 Å². The SMILES string of the molecule is C[C@H](CC=O)[C@H]1CC=C2C3=C(CC[C@@]21C)[C@@]1(C)CC[C@H](O)C(C)(C)[C@@H]1CC3. The van der Waals surface area contributed by atoms with Gasteiger partial charge in [-0.1, -0.05) is 46.3 Å². The molecule has 0 aromatic rings. The number of hydrogen-bond acceptors (Lipinski definition) is 2. The Morgan fingerprint density at radius 2 is 1.89 bits per heavy atom. The summed E-state index contributed by atoms with van der Waals surface area (Å²) in [7, 11) is 0. The first-order chi connectivity index (χ1) is 12.7. The topological polar surface area (TPSA) is 37.3 Å². The van der Waals surface area contributed by atoms with Gasteiger partial charge in [-0.15, -0.1) is 0 Å². The highest BCUT2D eigenvalue weighted by molar-refractivity contribution is 5.52. The second kappa shape index (κ2) is 6.31. The van der Waals surface area contributed by atoms with Crippen LogP contribution in [0.1, 0.15) is 86.0 Å². The molecule has 6 atom stereocenters. The van der Waals surface area contributed by atoms with Crippen LogP contribution in [0.3, 0.4) is 0 Å². The second-order valence-electron chi connectivity index (χ2n) is 11.1. The summed E-state index contributed by atoms with van der Waals surface area (Å²) in [6.07, 6.45) is 12.2. The monoisotopic (exact) mass is 370 g/mol. The molecule has 150 valence electrons. The molecule has 0 amide bonds. The molecule has 4 aliphatic rings. The van der Waals surface area contributed by atoms with Crippen molar-refractivity contribution in [3.8, 4) is 0 Å². The van der Waals surface area contributed by atoms with Crippen LogP contribution in [0.15, 0.2) is 22.8 Å². The standard InChI is InChI=1S/C25H38O2/c1-16(12-15-26)18-7-8-19-17-6-9-21-23(2,3)22(27)11-14-25(21,5)20(17)10-13-24(18,19)4/h8,15-16,18,21-22,27H,6-7,9-14H2,1-5H3/t16-,18-,21+,22+,24-,25-/m1/s1. The van der Waals surface area contributed by atoms with E-state index in [0.717, 1.165) is 25.5 Å². The van der Waals surface area contributed by atoms with Crippen molar-refractivity contribution in [1.82, 2.24) is 0 Å². The van der Waals surface area contributed by atoms with Crippen LogP contribution in [0.5, 0.6) is 0 Å². The zero-order valence-electron chi connectivity index (χ0n) is 18.0. The van der Waals surface area contributed by atoms with Crippen LogP contribution in [0.2, 0.25) is 0 Å². The Kier molecular flexibility index (Phi) is 4.54. The Morgan fingerprint density at radius 1 is 1.15 bits per heavy atom. The van der Waals surface area contributed by atoms with Gasteiger partial charge in [0.1, 0.15) is 6.29 Å². The molecule has 0 spiro atoms. The molecule has 0 aromatic carbocycles. The summed E-state index contributed by atoms with van der Waals surface area (Å²) in [6.45, 7) is 11.8. The van der Waals surface area contributed by atoms with Crippen LogP contribution >= 0.6 is 0 Å². The zero-order valence-corrected chi connectivity index (χ0v) is 18.0. The molecule has 0 saturated heterocycles. The molecule has 1 fully saturated rings. The Balaban J connectivity index is 1.71. The van der Waals surface area contributed by atoms with Crippen molar-refractivity contribution in [2.24, 2.45) is 34.0 Å². The number of aliphatic hydroxyl groups excluding tert-OH is 1. The summed E-state index contributed by atoms with van der Waals surface area (Å²) in [5.41, 5.74) is 5.56. The van der Waals surface area contributed by atoms with E-state index in [1.165, 1.54) is 25.7 Å². The maximum atomic E-state index is 11.1. The fourth-order valence-electron chi connectivity index (χ4n) is 7.89. The van der Waals surface area contributed by atoms with Crippen molar-refractivity contribution in [3.05, 3.63) is 22.8 Å². The van der Waals surface area contributed by atoms with E-state index in [-0.39, 0.29) is 22.3 Å². The molecule has 27 heavy (non-hydrogen) atoms. The lowest BCUT2D eigenvalue weighted by molar-refractivity contribution is -0.109. The average molecular weight is 371 g/mol. The van der Waals surface area contributed by atoms with Crippen LogP contribution < -0.4 is 0 Å². The van der Waals surface area contributed by atoms with Crippen molar-refractivity contribution in [3.63, 3.8) is 0 Å². The highest BCUT2D eigenvalue weighted by Gasteiger charge is 2.57. The third-order valence-electron chi connectivity index (χ3n) is 9.58. The molecule has 4 rings (SSSR count). The summed E-state index contributed by atoms with van der Waals surface area (Å²) < 4.78 is 0. The number of aliphatic hydroxyl groups is 1. The number of hydrogen-bond donors (Lipinski definition) is 1. The molecule has 0 unspecified atom stereocenters. The number of aldehydes is 1. The van der Waals surface area contributed by atoms with Crippen LogP contribution in [0.25, 0.3) is 0 Å². The quantitative estimate of drug-likeness (QED) is 0.633. The fraction of sp³-hybridized carbons (Fsp3) is 0.800. The summed E-state index contributed by atoms with van der Waals surface area (Å²) in [5, 5.41) is 10.7. The molecule has 2 nitrogen and oxygen atoms in total. The molecular weight excluding hydrogens is 332 g/mol. The lowest BCUT2D eigenvalue weighted by Gasteiger charge is -2.59. The van der Waals surface area contributed by atoms with E-state index in [9.17, 15) is 9.90 Å². The third kappa shape index (κ3) is 2.58. The number of rotatable bonds is 3. The van der Waals surface area contributed by atoms with Gasteiger partial charge < -0.3 is 9.90 Å². The smallest absolute Gasteiger partial charge is 0.120 e. The Morgan fingerprint density at radius 3 is 2.59 bits per heavy atom. The van der Waals surface area contributed by atoms with Gasteiger partial charge in [-0.2, -0.15) is 0 Å². The minimum Gasteiger partial charge on any atom is -0.393 e. The lowest BCUT2D eigenvalue weighted by Crippen LogP contribution is -2.53.